The van der Waals surface area contributed by atoms with Crippen LogP contribution >= 0.6 is 12.6 Å². The summed E-state index contributed by atoms with van der Waals surface area (Å²) in [5, 5.41) is 10.5. The van der Waals surface area contributed by atoms with Crippen molar-refractivity contribution in [2.24, 2.45) is 17.8 Å². The van der Waals surface area contributed by atoms with Gasteiger partial charge in [-0.3, -0.25) is 24.3 Å². The van der Waals surface area contributed by atoms with Gasteiger partial charge in [0.1, 0.15) is 11.9 Å². The van der Waals surface area contributed by atoms with Crippen molar-refractivity contribution < 1.29 is 9.59 Å². The fourth-order valence-electron chi connectivity index (χ4n) is 8.15. The van der Waals surface area contributed by atoms with Gasteiger partial charge in [-0.1, -0.05) is 6.07 Å². The van der Waals surface area contributed by atoms with Gasteiger partial charge in [0.15, 0.2) is 0 Å². The zero-order valence-electron chi connectivity index (χ0n) is 22.2. The number of thiol groups is 1. The lowest BCUT2D eigenvalue weighted by Gasteiger charge is -2.57. The summed E-state index contributed by atoms with van der Waals surface area (Å²) in [4.78, 5) is 42.3. The van der Waals surface area contributed by atoms with Gasteiger partial charge in [0.2, 0.25) is 11.8 Å². The molecule has 204 valence electrons. The van der Waals surface area contributed by atoms with E-state index in [-0.39, 0.29) is 23.1 Å². The van der Waals surface area contributed by atoms with E-state index in [1.54, 1.807) is 6.92 Å². The predicted molar refractivity (Wildman–Crippen MR) is 152 cm³/mol. The Hall–Kier alpha value is -2.39. The normalized spacial score (nSPS) is 31.0. The fourth-order valence-corrected chi connectivity index (χ4v) is 8.40. The molecule has 0 radical (unpaired) electrons. The Labute approximate surface area is 229 Å². The lowest BCUT2D eigenvalue weighted by atomic mass is 9.53. The third kappa shape index (κ3) is 4.99. The molecule has 7 rings (SSSR count). The molecular weight excluding hydrogens is 498 g/mol. The largest absolute Gasteiger partial charge is 0.384 e. The molecule has 4 saturated carbocycles. The molecule has 1 aromatic carbocycles. The van der Waals surface area contributed by atoms with Crippen LogP contribution in [0.2, 0.25) is 0 Å². The van der Waals surface area contributed by atoms with Crippen LogP contribution in [-0.4, -0.2) is 45.2 Å². The average molecular weight is 538 g/mol. The van der Waals surface area contributed by atoms with Crippen molar-refractivity contribution in [1.82, 2.24) is 20.2 Å². The highest BCUT2D eigenvalue weighted by Gasteiger charge is 2.50. The molecule has 1 aliphatic heterocycles. The van der Waals surface area contributed by atoms with Gasteiger partial charge in [-0.05, 0) is 101 Å². The number of rotatable bonds is 9. The highest BCUT2D eigenvalue weighted by Crippen LogP contribution is 2.55. The second-order valence-corrected chi connectivity index (χ2v) is 13.0. The number of fused-ring (bicyclic) bond motifs is 1. The molecule has 5 fully saturated rings. The topological polar surface area (TPSA) is 105 Å². The second-order valence-electron chi connectivity index (χ2n) is 12.3. The Morgan fingerprint density at radius 3 is 2.45 bits per heavy atom. The van der Waals surface area contributed by atoms with Crippen molar-refractivity contribution in [1.29, 1.82) is 0 Å². The minimum absolute atomic E-state index is 0.210. The van der Waals surface area contributed by atoms with Crippen LogP contribution in [0.5, 0.6) is 0 Å². The minimum atomic E-state index is -0.728. The predicted octanol–water partition coefficient (Wildman–Crippen LogP) is 3.73. The van der Waals surface area contributed by atoms with Crippen LogP contribution in [0.4, 0.5) is 5.69 Å². The van der Waals surface area contributed by atoms with Gasteiger partial charge in [0.25, 0.3) is 5.56 Å². The van der Waals surface area contributed by atoms with Crippen molar-refractivity contribution in [3.63, 3.8) is 0 Å². The lowest BCUT2D eigenvalue weighted by molar-refractivity contribution is -0.135. The molecule has 9 heteroatoms. The Balaban J connectivity index is 1.07. The van der Waals surface area contributed by atoms with Gasteiger partial charge >= 0.3 is 0 Å². The van der Waals surface area contributed by atoms with E-state index in [1.165, 1.54) is 43.1 Å². The summed E-state index contributed by atoms with van der Waals surface area (Å²) in [6.45, 7) is 3.43. The average Bonchev–Trinajstić information content (AvgIpc) is 2.84. The molecule has 1 aromatic heterocycles. The first-order chi connectivity index (χ1) is 18.3. The number of carbonyl (C=O) groups is 2. The summed E-state index contributed by atoms with van der Waals surface area (Å²) >= 11 is 4.87. The SMILES string of the molecule is Cc1nc2cccc(NCC[C@@H](S)CCNC34CC5CC(CC(C5)C3)C4)c2c(=O)n1[C@H]1CCC(=O)NC1=O. The summed E-state index contributed by atoms with van der Waals surface area (Å²) in [7, 11) is 0. The quantitative estimate of drug-likeness (QED) is 0.287. The van der Waals surface area contributed by atoms with Gasteiger partial charge in [-0.15, -0.1) is 0 Å². The Morgan fingerprint density at radius 2 is 1.76 bits per heavy atom. The molecule has 2 heterocycles. The molecule has 2 amide bonds. The summed E-state index contributed by atoms with van der Waals surface area (Å²) in [5.74, 6) is 2.56. The van der Waals surface area contributed by atoms with Crippen LogP contribution in [0.25, 0.3) is 10.9 Å². The van der Waals surface area contributed by atoms with E-state index in [2.05, 4.69) is 20.9 Å². The maximum atomic E-state index is 13.6. The van der Waals surface area contributed by atoms with Crippen molar-refractivity contribution in [2.45, 2.75) is 88.0 Å². The molecule has 2 aromatic rings. The van der Waals surface area contributed by atoms with E-state index in [9.17, 15) is 14.4 Å². The number of nitrogens with one attached hydrogen (secondary N) is 3. The Kier molecular flexibility index (Phi) is 7.01. The lowest BCUT2D eigenvalue weighted by Crippen LogP contribution is -2.58. The summed E-state index contributed by atoms with van der Waals surface area (Å²) in [6, 6.07) is 4.87. The molecule has 3 N–H and O–H groups in total. The van der Waals surface area contributed by atoms with Crippen molar-refractivity contribution in [2.75, 3.05) is 18.4 Å². The third-order valence-corrected chi connectivity index (χ3v) is 9.95. The van der Waals surface area contributed by atoms with E-state index >= 15 is 0 Å². The first kappa shape index (κ1) is 25.9. The van der Waals surface area contributed by atoms with Gasteiger partial charge in [0.05, 0.1) is 10.9 Å². The van der Waals surface area contributed by atoms with Gasteiger partial charge in [0, 0.05) is 29.4 Å². The number of hydrogen-bond donors (Lipinski definition) is 4. The van der Waals surface area contributed by atoms with Crippen LogP contribution in [-0.2, 0) is 9.59 Å². The fraction of sp³-hybridized carbons (Fsp3) is 0.655. The molecule has 1 saturated heterocycles. The van der Waals surface area contributed by atoms with E-state index in [4.69, 9.17) is 12.6 Å². The molecule has 4 aliphatic carbocycles. The van der Waals surface area contributed by atoms with Crippen LogP contribution in [0.1, 0.15) is 76.1 Å². The van der Waals surface area contributed by atoms with Crippen LogP contribution in [0.15, 0.2) is 23.0 Å². The highest BCUT2D eigenvalue weighted by molar-refractivity contribution is 7.80. The van der Waals surface area contributed by atoms with Crippen LogP contribution in [0, 0.1) is 24.7 Å². The first-order valence-corrected chi connectivity index (χ1v) is 14.8. The van der Waals surface area contributed by atoms with Crippen LogP contribution in [0.3, 0.4) is 0 Å². The summed E-state index contributed by atoms with van der Waals surface area (Å²) < 4.78 is 1.44. The number of anilines is 1. The standard InChI is InChI=1S/C29H39N5O3S/c1-17-32-23-4-2-3-22(26(23)28(37)34(17)24-5-6-25(35)33-27(24)36)30-9-7-21(38)8-10-31-29-14-18-11-19(15-29)13-20(12-18)16-29/h2-4,18-21,24,30-31,38H,5-16H2,1H3,(H,33,35,36)/t18?,19?,20?,21-,24+,29?/m1/s1. The van der Waals surface area contributed by atoms with E-state index in [1.807, 2.05) is 18.2 Å². The smallest absolute Gasteiger partial charge is 0.264 e. The number of benzene rings is 1. The van der Waals surface area contributed by atoms with Gasteiger partial charge < -0.3 is 10.6 Å². The molecule has 0 unspecified atom stereocenters. The van der Waals surface area contributed by atoms with Crippen molar-refractivity contribution >= 4 is 41.0 Å². The number of hydrogen-bond acceptors (Lipinski definition) is 7. The minimum Gasteiger partial charge on any atom is -0.384 e. The number of aryl methyl sites for hydroxylation is 1. The van der Waals surface area contributed by atoms with Crippen molar-refractivity contribution in [3.8, 4) is 0 Å². The summed E-state index contributed by atoms with van der Waals surface area (Å²) in [5.41, 5.74) is 1.44. The molecule has 5 aliphatic rings. The molecular formula is C29H39N5O3S. The second kappa shape index (κ2) is 10.3. The monoisotopic (exact) mass is 537 g/mol. The summed E-state index contributed by atoms with van der Waals surface area (Å²) in [6.07, 6.45) is 10.9. The zero-order valence-corrected chi connectivity index (χ0v) is 23.1. The van der Waals surface area contributed by atoms with Crippen LogP contribution < -0.4 is 21.5 Å². The number of nitrogens with zero attached hydrogens (tertiary/aromatic N) is 2. The Morgan fingerprint density at radius 1 is 1.08 bits per heavy atom. The number of carbonyl (C=O) groups excluding carboxylic acids is 2. The first-order valence-electron chi connectivity index (χ1n) is 14.3. The number of aromatic nitrogens is 2. The van der Waals surface area contributed by atoms with E-state index in [0.717, 1.165) is 37.1 Å². The molecule has 38 heavy (non-hydrogen) atoms. The van der Waals surface area contributed by atoms with Gasteiger partial charge in [-0.25, -0.2) is 4.98 Å². The zero-order chi connectivity index (χ0) is 26.4. The third-order valence-electron chi connectivity index (χ3n) is 9.44. The molecule has 0 spiro atoms. The maximum Gasteiger partial charge on any atom is 0.264 e. The van der Waals surface area contributed by atoms with Crippen molar-refractivity contribution in [3.05, 3.63) is 34.4 Å². The number of piperidine rings is 1. The molecule has 8 nitrogen and oxygen atoms in total. The van der Waals surface area contributed by atoms with E-state index < -0.39 is 11.9 Å². The van der Waals surface area contributed by atoms with E-state index in [0.29, 0.717) is 40.9 Å². The number of imide groups is 1. The highest BCUT2D eigenvalue weighted by atomic mass is 32.1. The molecule has 2 atom stereocenters. The maximum absolute atomic E-state index is 13.6. The number of amides is 2. The Bertz CT molecular complexity index is 1270. The van der Waals surface area contributed by atoms with Gasteiger partial charge in [-0.2, -0.15) is 12.6 Å². The molecule has 4 bridgehead atoms.